The topological polar surface area (TPSA) is 86.8 Å². The molecule has 0 radical (unpaired) electrons. The van der Waals surface area contributed by atoms with Crippen LogP contribution in [0.4, 0.5) is 10.1 Å². The second-order valence-corrected chi connectivity index (χ2v) is 13.0. The second-order valence-electron chi connectivity index (χ2n) is 11.1. The molecule has 0 aromatic heterocycles. The van der Waals surface area contributed by atoms with E-state index in [-0.39, 0.29) is 49.6 Å². The van der Waals surface area contributed by atoms with Crippen molar-refractivity contribution in [1.29, 1.82) is 0 Å². The fourth-order valence-corrected chi connectivity index (χ4v) is 6.56. The van der Waals surface area contributed by atoms with Gasteiger partial charge in [-0.15, -0.1) is 0 Å². The predicted octanol–water partition coefficient (Wildman–Crippen LogP) is 5.38. The van der Waals surface area contributed by atoms with Gasteiger partial charge in [-0.25, -0.2) is 12.8 Å². The summed E-state index contributed by atoms with van der Waals surface area (Å²) in [5.41, 5.74) is 3.02. The van der Waals surface area contributed by atoms with Gasteiger partial charge in [0.1, 0.15) is 11.9 Å². The minimum atomic E-state index is -3.59. The number of nitrogens with one attached hydrogen (secondary N) is 1. The zero-order valence-corrected chi connectivity index (χ0v) is 25.2. The number of hydrogen-bond acceptors (Lipinski definition) is 4. The molecule has 3 aromatic carbocycles. The predicted molar refractivity (Wildman–Crippen MR) is 164 cm³/mol. The van der Waals surface area contributed by atoms with Gasteiger partial charge in [-0.05, 0) is 61.1 Å². The number of sulfonamides is 1. The third-order valence-corrected chi connectivity index (χ3v) is 8.96. The van der Waals surface area contributed by atoms with E-state index in [1.165, 1.54) is 16.4 Å². The van der Waals surface area contributed by atoms with Crippen LogP contribution in [-0.2, 0) is 32.6 Å². The van der Waals surface area contributed by atoms with Crippen LogP contribution in [0, 0.1) is 12.7 Å². The quantitative estimate of drug-likeness (QED) is 0.288. The number of benzene rings is 3. The van der Waals surface area contributed by atoms with Crippen LogP contribution in [0.3, 0.4) is 0 Å². The molecule has 0 heterocycles. The fraction of sp³-hybridized carbons (Fsp3) is 0.394. The number of para-hydroxylation sites is 1. The molecule has 1 N–H and O–H groups in total. The van der Waals surface area contributed by atoms with E-state index in [1.54, 1.807) is 29.2 Å². The Morgan fingerprint density at radius 1 is 0.929 bits per heavy atom. The Bertz CT molecular complexity index is 1440. The van der Waals surface area contributed by atoms with Gasteiger partial charge in [0.05, 0.1) is 11.9 Å². The number of hydrogen-bond donors (Lipinski definition) is 1. The zero-order valence-electron chi connectivity index (χ0n) is 24.3. The smallest absolute Gasteiger partial charge is 0.243 e. The van der Waals surface area contributed by atoms with Gasteiger partial charge in [-0.2, -0.15) is 0 Å². The summed E-state index contributed by atoms with van der Waals surface area (Å²) in [5, 5.41) is 3.17. The summed E-state index contributed by atoms with van der Waals surface area (Å²) >= 11 is 0. The first kappa shape index (κ1) is 31.2. The first-order valence-electron chi connectivity index (χ1n) is 14.5. The van der Waals surface area contributed by atoms with Crippen LogP contribution in [0.2, 0.25) is 0 Å². The monoisotopic (exact) mass is 593 g/mol. The Kier molecular flexibility index (Phi) is 10.7. The number of carbonyl (C=O) groups is 2. The molecule has 1 saturated carbocycles. The molecule has 1 atom stereocenters. The molecule has 1 aliphatic carbocycles. The molecule has 0 aliphatic heterocycles. The fourth-order valence-electron chi connectivity index (χ4n) is 5.53. The number of amides is 2. The number of aryl methyl sites for hydroxylation is 1. The Morgan fingerprint density at radius 3 is 2.21 bits per heavy atom. The van der Waals surface area contributed by atoms with Crippen molar-refractivity contribution in [2.24, 2.45) is 0 Å². The molecule has 224 valence electrons. The first-order chi connectivity index (χ1) is 20.1. The van der Waals surface area contributed by atoms with Gasteiger partial charge in [-0.1, -0.05) is 73.5 Å². The maximum Gasteiger partial charge on any atom is 0.243 e. The van der Waals surface area contributed by atoms with Gasteiger partial charge >= 0.3 is 0 Å². The zero-order chi connectivity index (χ0) is 30.1. The van der Waals surface area contributed by atoms with Crippen molar-refractivity contribution in [3.8, 4) is 0 Å². The largest absolute Gasteiger partial charge is 0.352 e. The molecule has 2 amide bonds. The van der Waals surface area contributed by atoms with E-state index >= 15 is 0 Å². The van der Waals surface area contributed by atoms with E-state index in [0.29, 0.717) is 17.7 Å². The van der Waals surface area contributed by atoms with E-state index in [0.717, 1.165) is 43.1 Å². The lowest BCUT2D eigenvalue weighted by atomic mass is 10.0. The summed E-state index contributed by atoms with van der Waals surface area (Å²) in [6.45, 7) is 2.10. The summed E-state index contributed by atoms with van der Waals surface area (Å²) in [4.78, 5) is 29.3. The van der Waals surface area contributed by atoms with Gasteiger partial charge < -0.3 is 10.2 Å². The number of nitrogens with zero attached hydrogens (tertiary/aromatic N) is 2. The molecule has 1 unspecified atom stereocenters. The summed E-state index contributed by atoms with van der Waals surface area (Å²) < 4.78 is 40.4. The number of rotatable bonds is 13. The van der Waals surface area contributed by atoms with Crippen LogP contribution in [0.25, 0.3) is 0 Å². The van der Waals surface area contributed by atoms with Crippen molar-refractivity contribution in [2.75, 3.05) is 17.1 Å². The molecular formula is C33H40FN3O4S. The standard InChI is InChI=1S/C33H40FN3O4S/c1-25-11-6-9-16-30(25)37(42(2,40)41)22-10-17-32(38)36(24-27-18-20-28(34)21-19-27)31(23-26-12-4-3-5-13-26)33(39)35-29-14-7-8-15-29/h3-6,9,11-13,16,18-21,29,31H,7-8,10,14-15,17,22-24H2,1-2H3,(H,35,39). The van der Waals surface area contributed by atoms with E-state index in [9.17, 15) is 22.4 Å². The minimum Gasteiger partial charge on any atom is -0.352 e. The average molecular weight is 594 g/mol. The molecule has 9 heteroatoms. The van der Waals surface area contributed by atoms with E-state index in [2.05, 4.69) is 5.32 Å². The minimum absolute atomic E-state index is 0.0428. The van der Waals surface area contributed by atoms with Crippen molar-refractivity contribution >= 4 is 27.5 Å². The van der Waals surface area contributed by atoms with Gasteiger partial charge in [0.25, 0.3) is 0 Å². The Morgan fingerprint density at radius 2 is 1.57 bits per heavy atom. The Balaban J connectivity index is 1.59. The van der Waals surface area contributed by atoms with Gasteiger partial charge in [0.15, 0.2) is 0 Å². The third-order valence-electron chi connectivity index (χ3n) is 7.78. The molecule has 4 rings (SSSR count). The summed E-state index contributed by atoms with van der Waals surface area (Å²) in [6, 6.07) is 22.0. The van der Waals surface area contributed by atoms with Gasteiger partial charge in [0.2, 0.25) is 21.8 Å². The van der Waals surface area contributed by atoms with E-state index in [4.69, 9.17) is 0 Å². The van der Waals surface area contributed by atoms with Crippen LogP contribution >= 0.6 is 0 Å². The van der Waals surface area contributed by atoms with Gasteiger partial charge in [-0.3, -0.25) is 13.9 Å². The highest BCUT2D eigenvalue weighted by Gasteiger charge is 2.32. The van der Waals surface area contributed by atoms with E-state index < -0.39 is 16.1 Å². The average Bonchev–Trinajstić information content (AvgIpc) is 3.47. The van der Waals surface area contributed by atoms with Crippen LogP contribution in [0.1, 0.15) is 55.2 Å². The highest BCUT2D eigenvalue weighted by molar-refractivity contribution is 7.92. The van der Waals surface area contributed by atoms with E-state index in [1.807, 2.05) is 49.4 Å². The van der Waals surface area contributed by atoms with Gasteiger partial charge in [0, 0.05) is 32.0 Å². The Hall–Kier alpha value is -3.72. The molecular weight excluding hydrogens is 553 g/mol. The second kappa shape index (κ2) is 14.4. The summed E-state index contributed by atoms with van der Waals surface area (Å²) in [6.07, 6.45) is 5.74. The maximum atomic E-state index is 13.9. The lowest BCUT2D eigenvalue weighted by Crippen LogP contribution is -2.52. The Labute approximate surface area is 248 Å². The molecule has 0 bridgehead atoms. The molecule has 0 saturated heterocycles. The normalized spacial score (nSPS) is 14.4. The van der Waals surface area contributed by atoms with Crippen LogP contribution in [-0.4, -0.2) is 50.0 Å². The van der Waals surface area contributed by atoms with Crippen molar-refractivity contribution in [2.45, 2.75) is 70.5 Å². The van der Waals surface area contributed by atoms with Crippen LogP contribution < -0.4 is 9.62 Å². The van der Waals surface area contributed by atoms with Crippen LogP contribution in [0.5, 0.6) is 0 Å². The SMILES string of the molecule is Cc1ccccc1N(CCCC(=O)N(Cc1ccc(F)cc1)C(Cc1ccccc1)C(=O)NC1CCCC1)S(C)(=O)=O. The number of halogens is 1. The third kappa shape index (κ3) is 8.64. The van der Waals surface area contributed by atoms with Crippen molar-refractivity contribution < 1.29 is 22.4 Å². The molecule has 7 nitrogen and oxygen atoms in total. The highest BCUT2D eigenvalue weighted by Crippen LogP contribution is 2.24. The molecule has 3 aromatic rings. The molecule has 42 heavy (non-hydrogen) atoms. The maximum absolute atomic E-state index is 13.9. The van der Waals surface area contributed by atoms with Crippen molar-refractivity contribution in [3.63, 3.8) is 0 Å². The lowest BCUT2D eigenvalue weighted by molar-refractivity contribution is -0.141. The highest BCUT2D eigenvalue weighted by atomic mass is 32.2. The molecule has 1 aliphatic rings. The molecule has 1 fully saturated rings. The summed E-state index contributed by atoms with van der Waals surface area (Å²) in [5.74, 6) is -0.854. The lowest BCUT2D eigenvalue weighted by Gasteiger charge is -2.33. The van der Waals surface area contributed by atoms with Crippen molar-refractivity contribution in [1.82, 2.24) is 10.2 Å². The molecule has 0 spiro atoms. The van der Waals surface area contributed by atoms with Crippen molar-refractivity contribution in [3.05, 3.63) is 101 Å². The number of anilines is 1. The first-order valence-corrected chi connectivity index (χ1v) is 16.4. The summed E-state index contributed by atoms with van der Waals surface area (Å²) in [7, 11) is -3.59. The van der Waals surface area contributed by atoms with Crippen LogP contribution in [0.15, 0.2) is 78.9 Å². The number of carbonyl (C=O) groups excluding carboxylic acids is 2.